The Bertz CT molecular complexity index is 442. The standard InChI is InChI=1S/C16H24BrFN2/c1-11(2)12-5-7-20(8-6-12)16(10-19)14-4-3-13(18)9-15(14)17/h3-4,9,11-12,16H,5-8,10,19H2,1-2H3. The van der Waals surface area contributed by atoms with E-state index in [2.05, 4.69) is 34.7 Å². The molecule has 1 unspecified atom stereocenters. The number of likely N-dealkylation sites (tertiary alicyclic amines) is 1. The maximum atomic E-state index is 13.2. The first-order valence-corrected chi connectivity index (χ1v) is 8.21. The van der Waals surface area contributed by atoms with E-state index in [1.165, 1.54) is 25.0 Å². The monoisotopic (exact) mass is 342 g/mol. The van der Waals surface area contributed by atoms with Crippen LogP contribution in [0.4, 0.5) is 4.39 Å². The van der Waals surface area contributed by atoms with Crippen LogP contribution in [0.2, 0.25) is 0 Å². The van der Waals surface area contributed by atoms with Crippen molar-refractivity contribution in [3.63, 3.8) is 0 Å². The van der Waals surface area contributed by atoms with Gasteiger partial charge in [-0.1, -0.05) is 35.8 Å². The van der Waals surface area contributed by atoms with Gasteiger partial charge in [-0.05, 0) is 55.5 Å². The number of benzene rings is 1. The second kappa shape index (κ2) is 7.01. The van der Waals surface area contributed by atoms with E-state index in [1.54, 1.807) is 0 Å². The summed E-state index contributed by atoms with van der Waals surface area (Å²) in [6.45, 7) is 7.33. The molecule has 0 aromatic heterocycles. The zero-order chi connectivity index (χ0) is 14.7. The lowest BCUT2D eigenvalue weighted by Gasteiger charge is -2.38. The van der Waals surface area contributed by atoms with Gasteiger partial charge in [0.25, 0.3) is 0 Å². The third kappa shape index (κ3) is 3.60. The highest BCUT2D eigenvalue weighted by Gasteiger charge is 2.27. The number of nitrogens with zero attached hydrogens (tertiary/aromatic N) is 1. The van der Waals surface area contributed by atoms with Gasteiger partial charge in [0.05, 0.1) is 0 Å². The second-order valence-electron chi connectivity index (χ2n) is 6.03. The molecule has 1 aromatic carbocycles. The molecular weight excluding hydrogens is 319 g/mol. The molecule has 1 aliphatic heterocycles. The molecule has 1 aromatic rings. The third-order valence-electron chi connectivity index (χ3n) is 4.50. The Balaban J connectivity index is 2.09. The zero-order valence-electron chi connectivity index (χ0n) is 12.3. The lowest BCUT2D eigenvalue weighted by atomic mass is 9.86. The molecule has 112 valence electrons. The van der Waals surface area contributed by atoms with E-state index < -0.39 is 0 Å². The van der Waals surface area contributed by atoms with Gasteiger partial charge in [0.15, 0.2) is 0 Å². The fourth-order valence-corrected chi connectivity index (χ4v) is 3.76. The molecule has 0 amide bonds. The molecule has 2 rings (SSSR count). The summed E-state index contributed by atoms with van der Waals surface area (Å²) in [7, 11) is 0. The van der Waals surface area contributed by atoms with Gasteiger partial charge in [-0.25, -0.2) is 4.39 Å². The van der Waals surface area contributed by atoms with Crippen LogP contribution in [0.5, 0.6) is 0 Å². The van der Waals surface area contributed by atoms with Gasteiger partial charge in [-0.3, -0.25) is 4.90 Å². The normalized spacial score (nSPS) is 19.5. The molecular formula is C16H24BrFN2. The number of nitrogens with two attached hydrogens (primary N) is 1. The summed E-state index contributed by atoms with van der Waals surface area (Å²) in [5.74, 6) is 1.36. The van der Waals surface area contributed by atoms with Gasteiger partial charge in [0, 0.05) is 17.1 Å². The summed E-state index contributed by atoms with van der Waals surface area (Å²) in [5, 5.41) is 0. The fourth-order valence-electron chi connectivity index (χ4n) is 3.14. The summed E-state index contributed by atoms with van der Waals surface area (Å²) in [4.78, 5) is 2.44. The second-order valence-corrected chi connectivity index (χ2v) is 6.89. The molecule has 20 heavy (non-hydrogen) atoms. The molecule has 1 saturated heterocycles. The van der Waals surface area contributed by atoms with Crippen molar-refractivity contribution in [2.24, 2.45) is 17.6 Å². The molecule has 2 N–H and O–H groups in total. The van der Waals surface area contributed by atoms with Crippen LogP contribution in [0.15, 0.2) is 22.7 Å². The van der Waals surface area contributed by atoms with Crippen molar-refractivity contribution in [3.05, 3.63) is 34.1 Å². The van der Waals surface area contributed by atoms with Crippen molar-refractivity contribution in [2.45, 2.75) is 32.7 Å². The van der Waals surface area contributed by atoms with Crippen LogP contribution in [-0.4, -0.2) is 24.5 Å². The number of piperidine rings is 1. The number of hydrogen-bond donors (Lipinski definition) is 1. The van der Waals surface area contributed by atoms with Crippen molar-refractivity contribution in [1.82, 2.24) is 4.90 Å². The Labute approximate surface area is 129 Å². The van der Waals surface area contributed by atoms with Gasteiger partial charge < -0.3 is 5.73 Å². The van der Waals surface area contributed by atoms with Crippen molar-refractivity contribution in [3.8, 4) is 0 Å². The van der Waals surface area contributed by atoms with E-state index in [9.17, 15) is 4.39 Å². The van der Waals surface area contributed by atoms with Crippen LogP contribution in [-0.2, 0) is 0 Å². The summed E-state index contributed by atoms with van der Waals surface area (Å²) < 4.78 is 14.0. The van der Waals surface area contributed by atoms with Gasteiger partial charge >= 0.3 is 0 Å². The smallest absolute Gasteiger partial charge is 0.124 e. The summed E-state index contributed by atoms with van der Waals surface area (Å²) >= 11 is 3.47. The molecule has 0 aliphatic carbocycles. The van der Waals surface area contributed by atoms with Gasteiger partial charge in [-0.15, -0.1) is 0 Å². The number of rotatable bonds is 4. The van der Waals surface area contributed by atoms with Gasteiger partial charge in [0.1, 0.15) is 5.82 Å². The Kier molecular flexibility index (Phi) is 5.58. The Morgan fingerprint density at radius 3 is 2.50 bits per heavy atom. The first-order valence-electron chi connectivity index (χ1n) is 7.42. The van der Waals surface area contributed by atoms with Crippen molar-refractivity contribution in [2.75, 3.05) is 19.6 Å². The number of hydrogen-bond acceptors (Lipinski definition) is 2. The van der Waals surface area contributed by atoms with E-state index in [-0.39, 0.29) is 11.9 Å². The first kappa shape index (κ1) is 15.9. The van der Waals surface area contributed by atoms with E-state index in [4.69, 9.17) is 5.73 Å². The van der Waals surface area contributed by atoms with Crippen molar-refractivity contribution < 1.29 is 4.39 Å². The molecule has 2 nitrogen and oxygen atoms in total. The van der Waals surface area contributed by atoms with Gasteiger partial charge in [-0.2, -0.15) is 0 Å². The summed E-state index contributed by atoms with van der Waals surface area (Å²) in [6.07, 6.45) is 2.46. The van der Waals surface area contributed by atoms with Crippen LogP contribution >= 0.6 is 15.9 Å². The maximum Gasteiger partial charge on any atom is 0.124 e. The largest absolute Gasteiger partial charge is 0.329 e. The van der Waals surface area contributed by atoms with E-state index >= 15 is 0 Å². The average Bonchev–Trinajstić information content (AvgIpc) is 2.42. The minimum absolute atomic E-state index is 0.179. The molecule has 1 aliphatic rings. The first-order chi connectivity index (χ1) is 9.52. The average molecular weight is 343 g/mol. The molecule has 0 radical (unpaired) electrons. The minimum atomic E-state index is -0.213. The molecule has 0 saturated carbocycles. The highest BCUT2D eigenvalue weighted by atomic mass is 79.9. The Morgan fingerprint density at radius 2 is 2.00 bits per heavy atom. The SMILES string of the molecule is CC(C)C1CCN(C(CN)c2ccc(F)cc2Br)CC1. The van der Waals surface area contributed by atoms with E-state index in [0.29, 0.717) is 6.54 Å². The van der Waals surface area contributed by atoms with Gasteiger partial charge in [0.2, 0.25) is 0 Å². The highest BCUT2D eigenvalue weighted by Crippen LogP contribution is 2.32. The Morgan fingerprint density at radius 1 is 1.35 bits per heavy atom. The van der Waals surface area contributed by atoms with Crippen molar-refractivity contribution in [1.29, 1.82) is 0 Å². The van der Waals surface area contributed by atoms with Crippen LogP contribution in [0.1, 0.15) is 38.3 Å². The molecule has 1 fully saturated rings. The maximum absolute atomic E-state index is 13.2. The summed E-state index contributed by atoms with van der Waals surface area (Å²) in [5.41, 5.74) is 7.08. The van der Waals surface area contributed by atoms with Crippen LogP contribution in [0.25, 0.3) is 0 Å². The van der Waals surface area contributed by atoms with E-state index in [1.807, 2.05) is 6.07 Å². The van der Waals surface area contributed by atoms with Crippen LogP contribution < -0.4 is 5.73 Å². The lowest BCUT2D eigenvalue weighted by molar-refractivity contribution is 0.117. The molecule has 1 atom stereocenters. The van der Waals surface area contributed by atoms with E-state index in [0.717, 1.165) is 35.0 Å². The highest BCUT2D eigenvalue weighted by molar-refractivity contribution is 9.10. The zero-order valence-corrected chi connectivity index (χ0v) is 13.9. The number of halogens is 2. The minimum Gasteiger partial charge on any atom is -0.329 e. The van der Waals surface area contributed by atoms with Crippen LogP contribution in [0.3, 0.4) is 0 Å². The van der Waals surface area contributed by atoms with Crippen molar-refractivity contribution >= 4 is 15.9 Å². The predicted octanol–water partition coefficient (Wildman–Crippen LogP) is 3.96. The quantitative estimate of drug-likeness (QED) is 0.897. The molecule has 0 bridgehead atoms. The predicted molar refractivity (Wildman–Crippen MR) is 85.0 cm³/mol. The van der Waals surface area contributed by atoms with Crippen LogP contribution in [0, 0.1) is 17.7 Å². The summed E-state index contributed by atoms with van der Waals surface area (Å²) in [6, 6.07) is 5.08. The molecule has 4 heteroatoms. The lowest BCUT2D eigenvalue weighted by Crippen LogP contribution is -2.40. The third-order valence-corrected chi connectivity index (χ3v) is 5.19. The molecule has 0 spiro atoms. The fraction of sp³-hybridized carbons (Fsp3) is 0.625. The topological polar surface area (TPSA) is 29.3 Å². The molecule has 1 heterocycles. The Hall–Kier alpha value is -0.450.